The van der Waals surface area contributed by atoms with Crippen molar-refractivity contribution in [1.82, 2.24) is 4.98 Å². The molecule has 0 spiro atoms. The number of hydrogen-bond acceptors (Lipinski definition) is 8. The van der Waals surface area contributed by atoms with Gasteiger partial charge in [-0.2, -0.15) is 5.10 Å². The minimum Gasteiger partial charge on any atom is -0.496 e. The van der Waals surface area contributed by atoms with E-state index in [1.807, 2.05) is 0 Å². The van der Waals surface area contributed by atoms with Crippen LogP contribution in [0.2, 0.25) is 0 Å². The smallest absolute Gasteiger partial charge is 0.205 e. The van der Waals surface area contributed by atoms with Gasteiger partial charge < -0.3 is 19.9 Å². The lowest BCUT2D eigenvalue weighted by Crippen LogP contribution is -2.00. The summed E-state index contributed by atoms with van der Waals surface area (Å²) >= 11 is 1.36. The second-order valence-electron chi connectivity index (χ2n) is 3.86. The zero-order valence-corrected chi connectivity index (χ0v) is 12.7. The molecular weight excluding hydrogens is 292 g/mol. The van der Waals surface area contributed by atoms with Crippen molar-refractivity contribution in [3.05, 3.63) is 23.1 Å². The van der Waals surface area contributed by atoms with Crippen LogP contribution >= 0.6 is 11.3 Å². The third-order valence-electron chi connectivity index (χ3n) is 2.64. The number of ether oxygens (including phenoxy) is 3. The summed E-state index contributed by atoms with van der Waals surface area (Å²) in [5.41, 5.74) is 9.00. The number of hydrogen-bond donors (Lipinski definition) is 2. The van der Waals surface area contributed by atoms with Gasteiger partial charge in [-0.1, -0.05) is 0 Å². The fraction of sp³-hybridized carbons (Fsp3) is 0.231. The Labute approximate surface area is 126 Å². The Balaban J connectivity index is 2.28. The molecule has 0 fully saturated rings. The third-order valence-corrected chi connectivity index (χ3v) is 3.40. The van der Waals surface area contributed by atoms with E-state index in [4.69, 9.17) is 19.9 Å². The standard InChI is InChI=1S/C13H16N4O3S/c1-18-9-4-5-10(19-2)12(20-3)8(9)6-15-17-13-16-11(14)7-21-13/h4-7H,14H2,1-3H3,(H,16,17). The number of aromatic nitrogens is 1. The average Bonchev–Trinajstić information content (AvgIpc) is 2.92. The molecule has 0 radical (unpaired) electrons. The zero-order chi connectivity index (χ0) is 15.2. The van der Waals surface area contributed by atoms with E-state index in [0.717, 1.165) is 0 Å². The number of nitrogens with zero attached hydrogens (tertiary/aromatic N) is 2. The molecule has 1 aromatic heterocycles. The molecule has 3 N–H and O–H groups in total. The molecule has 8 heteroatoms. The summed E-state index contributed by atoms with van der Waals surface area (Å²) in [6.07, 6.45) is 1.58. The van der Waals surface area contributed by atoms with E-state index in [9.17, 15) is 0 Å². The first-order valence-corrected chi connectivity index (χ1v) is 6.86. The summed E-state index contributed by atoms with van der Waals surface area (Å²) in [5.74, 6) is 2.21. The van der Waals surface area contributed by atoms with Gasteiger partial charge in [0, 0.05) is 5.38 Å². The first kappa shape index (κ1) is 14.9. The van der Waals surface area contributed by atoms with Gasteiger partial charge in [-0.3, -0.25) is 5.43 Å². The molecule has 0 atom stereocenters. The Bertz CT molecular complexity index is 642. The predicted octanol–water partition coefficient (Wildman–Crippen LogP) is 2.20. The average molecular weight is 308 g/mol. The Morgan fingerprint density at radius 1 is 1.19 bits per heavy atom. The largest absolute Gasteiger partial charge is 0.496 e. The predicted molar refractivity (Wildman–Crippen MR) is 83.8 cm³/mol. The number of anilines is 2. The molecule has 0 saturated carbocycles. The van der Waals surface area contributed by atoms with Gasteiger partial charge in [0.2, 0.25) is 5.13 Å². The first-order chi connectivity index (χ1) is 10.2. The number of methoxy groups -OCH3 is 3. The molecule has 2 rings (SSSR count). The number of rotatable bonds is 6. The van der Waals surface area contributed by atoms with Crippen molar-refractivity contribution in [2.24, 2.45) is 5.10 Å². The van der Waals surface area contributed by atoms with Crippen LogP contribution in [0.5, 0.6) is 17.2 Å². The monoisotopic (exact) mass is 308 g/mol. The Hall–Kier alpha value is -2.48. The van der Waals surface area contributed by atoms with Crippen LogP contribution in [0.4, 0.5) is 10.9 Å². The molecule has 0 saturated heterocycles. The molecule has 0 aliphatic carbocycles. The maximum atomic E-state index is 5.54. The van der Waals surface area contributed by atoms with Gasteiger partial charge >= 0.3 is 0 Å². The summed E-state index contributed by atoms with van der Waals surface area (Å²) in [6.45, 7) is 0. The van der Waals surface area contributed by atoms with E-state index in [1.54, 1.807) is 45.1 Å². The van der Waals surface area contributed by atoms with Gasteiger partial charge in [0.05, 0.1) is 33.1 Å². The minimum absolute atomic E-state index is 0.453. The van der Waals surface area contributed by atoms with Crippen molar-refractivity contribution in [1.29, 1.82) is 0 Å². The van der Waals surface area contributed by atoms with Crippen LogP contribution in [0.1, 0.15) is 5.56 Å². The highest BCUT2D eigenvalue weighted by Gasteiger charge is 2.14. The van der Waals surface area contributed by atoms with E-state index in [0.29, 0.717) is 33.8 Å². The molecule has 2 aromatic rings. The van der Waals surface area contributed by atoms with E-state index in [2.05, 4.69) is 15.5 Å². The van der Waals surface area contributed by atoms with Crippen molar-refractivity contribution in [3.8, 4) is 17.2 Å². The number of benzene rings is 1. The minimum atomic E-state index is 0.453. The number of nitrogen functional groups attached to an aromatic ring is 1. The highest BCUT2D eigenvalue weighted by atomic mass is 32.1. The second kappa shape index (κ2) is 6.80. The van der Waals surface area contributed by atoms with E-state index < -0.39 is 0 Å². The number of hydrazone groups is 1. The number of thiazole rings is 1. The Morgan fingerprint density at radius 3 is 2.48 bits per heavy atom. The number of nitrogens with two attached hydrogens (primary N) is 1. The molecule has 0 amide bonds. The Kier molecular flexibility index (Phi) is 4.83. The van der Waals surface area contributed by atoms with Crippen LogP contribution in [0.15, 0.2) is 22.6 Å². The molecule has 21 heavy (non-hydrogen) atoms. The van der Waals surface area contributed by atoms with Crippen LogP contribution < -0.4 is 25.4 Å². The van der Waals surface area contributed by atoms with Crippen LogP contribution in [0, 0.1) is 0 Å². The lowest BCUT2D eigenvalue weighted by molar-refractivity contribution is 0.348. The Morgan fingerprint density at radius 2 is 1.90 bits per heavy atom. The maximum absolute atomic E-state index is 5.54. The molecule has 1 heterocycles. The van der Waals surface area contributed by atoms with Gasteiger partial charge in [-0.15, -0.1) is 11.3 Å². The molecule has 112 valence electrons. The van der Waals surface area contributed by atoms with E-state index in [1.165, 1.54) is 11.3 Å². The van der Waals surface area contributed by atoms with Crippen molar-refractivity contribution in [2.45, 2.75) is 0 Å². The van der Waals surface area contributed by atoms with Crippen LogP contribution in [-0.2, 0) is 0 Å². The van der Waals surface area contributed by atoms with Crippen LogP contribution in [0.25, 0.3) is 0 Å². The summed E-state index contributed by atoms with van der Waals surface area (Å²) < 4.78 is 15.9. The summed E-state index contributed by atoms with van der Waals surface area (Å²) in [5, 5.41) is 6.45. The van der Waals surface area contributed by atoms with Gasteiger partial charge in [0.1, 0.15) is 11.6 Å². The van der Waals surface area contributed by atoms with Gasteiger partial charge in [-0.05, 0) is 12.1 Å². The molecule has 0 bridgehead atoms. The second-order valence-corrected chi connectivity index (χ2v) is 4.72. The molecular formula is C13H16N4O3S. The molecule has 0 aliphatic rings. The topological polar surface area (TPSA) is 91.0 Å². The molecule has 0 unspecified atom stereocenters. The lowest BCUT2D eigenvalue weighted by atomic mass is 10.1. The van der Waals surface area contributed by atoms with Crippen molar-refractivity contribution >= 4 is 28.5 Å². The SMILES string of the molecule is COc1ccc(OC)c(OC)c1C=NNc1nc(N)cs1. The quantitative estimate of drug-likeness (QED) is 0.628. The van der Waals surface area contributed by atoms with Gasteiger partial charge in [0.15, 0.2) is 11.5 Å². The van der Waals surface area contributed by atoms with Crippen molar-refractivity contribution in [2.75, 3.05) is 32.5 Å². The fourth-order valence-electron chi connectivity index (χ4n) is 1.72. The van der Waals surface area contributed by atoms with E-state index >= 15 is 0 Å². The van der Waals surface area contributed by atoms with Crippen LogP contribution in [0.3, 0.4) is 0 Å². The highest BCUT2D eigenvalue weighted by molar-refractivity contribution is 7.14. The van der Waals surface area contributed by atoms with Crippen molar-refractivity contribution < 1.29 is 14.2 Å². The summed E-state index contributed by atoms with van der Waals surface area (Å²) in [4.78, 5) is 4.05. The molecule has 1 aromatic carbocycles. The molecule has 0 aliphatic heterocycles. The first-order valence-electron chi connectivity index (χ1n) is 5.98. The van der Waals surface area contributed by atoms with Crippen molar-refractivity contribution in [3.63, 3.8) is 0 Å². The van der Waals surface area contributed by atoms with Gasteiger partial charge in [0.25, 0.3) is 0 Å². The maximum Gasteiger partial charge on any atom is 0.205 e. The lowest BCUT2D eigenvalue weighted by Gasteiger charge is -2.13. The summed E-state index contributed by atoms with van der Waals surface area (Å²) in [7, 11) is 4.71. The van der Waals surface area contributed by atoms with Crippen LogP contribution in [-0.4, -0.2) is 32.5 Å². The molecule has 7 nitrogen and oxygen atoms in total. The third kappa shape index (κ3) is 3.34. The zero-order valence-electron chi connectivity index (χ0n) is 11.9. The van der Waals surface area contributed by atoms with Gasteiger partial charge in [-0.25, -0.2) is 4.98 Å². The normalized spacial score (nSPS) is 10.6. The van der Waals surface area contributed by atoms with E-state index in [-0.39, 0.29) is 0 Å². The summed E-state index contributed by atoms with van der Waals surface area (Å²) in [6, 6.07) is 3.55. The fourth-order valence-corrected chi connectivity index (χ4v) is 2.27. The number of nitrogens with one attached hydrogen (secondary N) is 1. The highest BCUT2D eigenvalue weighted by Crippen LogP contribution is 2.36.